The third kappa shape index (κ3) is 4.35. The summed E-state index contributed by atoms with van der Waals surface area (Å²) in [5, 5.41) is 3.32. The van der Waals surface area contributed by atoms with Crippen molar-refractivity contribution in [3.63, 3.8) is 0 Å². The van der Waals surface area contributed by atoms with Crippen molar-refractivity contribution in [3.05, 3.63) is 94.5 Å². The summed E-state index contributed by atoms with van der Waals surface area (Å²) >= 11 is 6.26. The molecule has 1 aliphatic rings. The predicted molar refractivity (Wildman–Crippen MR) is 118 cm³/mol. The van der Waals surface area contributed by atoms with Crippen LogP contribution in [-0.2, 0) is 16.4 Å². The normalized spacial score (nSPS) is 15.8. The van der Waals surface area contributed by atoms with Crippen molar-refractivity contribution >= 4 is 33.2 Å². The lowest BCUT2D eigenvalue weighted by Gasteiger charge is -2.26. The molecule has 3 aromatic rings. The highest BCUT2D eigenvalue weighted by atomic mass is 35.5. The summed E-state index contributed by atoms with van der Waals surface area (Å²) in [5.74, 6) is -0.331. The van der Waals surface area contributed by atoms with Crippen LogP contribution in [0.5, 0.6) is 0 Å². The summed E-state index contributed by atoms with van der Waals surface area (Å²) in [4.78, 5) is 13.1. The van der Waals surface area contributed by atoms with Gasteiger partial charge in [0.1, 0.15) is 0 Å². The molecule has 0 unspecified atom stereocenters. The van der Waals surface area contributed by atoms with E-state index in [4.69, 9.17) is 11.6 Å². The quantitative estimate of drug-likeness (QED) is 0.589. The number of halogens is 1. The Hall–Kier alpha value is -2.83. The number of carbonyl (C=O) groups excluding carboxylic acids is 1. The van der Waals surface area contributed by atoms with E-state index in [1.165, 1.54) is 35.9 Å². The number of rotatable bonds is 5. The SMILES string of the molecule is O=C(N[C@H]1CCCc2ccccc21)c1cc(NS(=O)(=O)c2ccccc2)ccc1Cl. The van der Waals surface area contributed by atoms with Crippen molar-refractivity contribution in [2.45, 2.75) is 30.2 Å². The zero-order valence-corrected chi connectivity index (χ0v) is 17.7. The summed E-state index contributed by atoms with van der Waals surface area (Å²) in [6.07, 6.45) is 2.84. The number of carbonyl (C=O) groups is 1. The first-order chi connectivity index (χ1) is 14.4. The molecule has 5 nitrogen and oxygen atoms in total. The minimum atomic E-state index is -3.76. The van der Waals surface area contributed by atoms with Crippen LogP contribution in [0.4, 0.5) is 5.69 Å². The molecule has 0 saturated carbocycles. The Balaban J connectivity index is 1.56. The van der Waals surface area contributed by atoms with E-state index in [2.05, 4.69) is 16.1 Å². The summed E-state index contributed by atoms with van der Waals surface area (Å²) in [7, 11) is -3.76. The van der Waals surface area contributed by atoms with Gasteiger partial charge < -0.3 is 5.32 Å². The highest BCUT2D eigenvalue weighted by Gasteiger charge is 2.23. The van der Waals surface area contributed by atoms with Crippen molar-refractivity contribution in [3.8, 4) is 0 Å². The molecule has 0 heterocycles. The van der Waals surface area contributed by atoms with E-state index in [-0.39, 0.29) is 33.1 Å². The maximum absolute atomic E-state index is 13.0. The van der Waals surface area contributed by atoms with Gasteiger partial charge in [0.2, 0.25) is 0 Å². The standard InChI is InChI=1S/C23H21ClN2O3S/c24-21-14-13-17(26-30(28,29)18-9-2-1-3-10-18)15-20(21)23(27)25-22-12-6-8-16-7-4-5-11-19(16)22/h1-5,7,9-11,13-15,22,26H,6,8,12H2,(H,25,27)/t22-/m0/s1. The van der Waals surface area contributed by atoms with Crippen molar-refractivity contribution in [2.24, 2.45) is 0 Å². The minimum Gasteiger partial charge on any atom is -0.345 e. The molecular formula is C23H21ClN2O3S. The zero-order valence-electron chi connectivity index (χ0n) is 16.1. The van der Waals surface area contributed by atoms with Crippen molar-refractivity contribution in [2.75, 3.05) is 4.72 Å². The van der Waals surface area contributed by atoms with Crippen LogP contribution in [0, 0.1) is 0 Å². The van der Waals surface area contributed by atoms with Crippen LogP contribution in [0.3, 0.4) is 0 Å². The molecule has 0 fully saturated rings. The maximum atomic E-state index is 13.0. The molecule has 0 radical (unpaired) electrons. The molecule has 1 aliphatic carbocycles. The van der Waals surface area contributed by atoms with Crippen LogP contribution in [0.1, 0.15) is 40.4 Å². The fraction of sp³-hybridized carbons (Fsp3) is 0.174. The molecule has 4 rings (SSSR count). The van der Waals surface area contributed by atoms with Gasteiger partial charge in [-0.3, -0.25) is 9.52 Å². The number of hydrogen-bond donors (Lipinski definition) is 2. The van der Waals surface area contributed by atoms with Gasteiger partial charge in [-0.25, -0.2) is 8.42 Å². The van der Waals surface area contributed by atoms with Gasteiger partial charge in [0.15, 0.2) is 0 Å². The molecule has 30 heavy (non-hydrogen) atoms. The van der Waals surface area contributed by atoms with Crippen molar-refractivity contribution in [1.82, 2.24) is 5.32 Å². The molecule has 2 N–H and O–H groups in total. The number of aryl methyl sites for hydroxylation is 1. The van der Waals surface area contributed by atoms with Gasteiger partial charge in [-0.2, -0.15) is 0 Å². The first kappa shape index (κ1) is 20.4. The van der Waals surface area contributed by atoms with Crippen molar-refractivity contribution in [1.29, 1.82) is 0 Å². The van der Waals surface area contributed by atoms with Crippen LogP contribution in [-0.4, -0.2) is 14.3 Å². The third-order valence-electron chi connectivity index (χ3n) is 5.19. The van der Waals surface area contributed by atoms with Gasteiger partial charge in [0.25, 0.3) is 15.9 Å². The van der Waals surface area contributed by atoms with Crippen molar-refractivity contribution < 1.29 is 13.2 Å². The van der Waals surface area contributed by atoms with E-state index in [0.717, 1.165) is 24.8 Å². The second-order valence-corrected chi connectivity index (χ2v) is 9.32. The minimum absolute atomic E-state index is 0.0943. The smallest absolute Gasteiger partial charge is 0.261 e. The Morgan fingerprint density at radius 1 is 0.967 bits per heavy atom. The van der Waals surface area contributed by atoms with Gasteiger partial charge in [0, 0.05) is 5.69 Å². The van der Waals surface area contributed by atoms with E-state index >= 15 is 0 Å². The third-order valence-corrected chi connectivity index (χ3v) is 6.92. The van der Waals surface area contributed by atoms with Gasteiger partial charge >= 0.3 is 0 Å². The van der Waals surface area contributed by atoms with Gasteiger partial charge in [0.05, 0.1) is 21.5 Å². The monoisotopic (exact) mass is 440 g/mol. The maximum Gasteiger partial charge on any atom is 0.261 e. The summed E-state index contributed by atoms with van der Waals surface area (Å²) in [6, 6.07) is 20.6. The van der Waals surface area contributed by atoms with E-state index in [1.54, 1.807) is 18.2 Å². The Labute approximate surface area is 181 Å². The summed E-state index contributed by atoms with van der Waals surface area (Å²) in [6.45, 7) is 0. The number of benzene rings is 3. The molecular weight excluding hydrogens is 420 g/mol. The first-order valence-corrected chi connectivity index (χ1v) is 11.6. The predicted octanol–water partition coefficient (Wildman–Crippen LogP) is 4.95. The highest BCUT2D eigenvalue weighted by Crippen LogP contribution is 2.30. The van der Waals surface area contributed by atoms with E-state index in [1.807, 2.05) is 18.2 Å². The Kier molecular flexibility index (Phi) is 5.79. The van der Waals surface area contributed by atoms with Crippen LogP contribution in [0.2, 0.25) is 5.02 Å². The first-order valence-electron chi connectivity index (χ1n) is 9.70. The van der Waals surface area contributed by atoms with E-state index in [0.29, 0.717) is 0 Å². The Morgan fingerprint density at radius 2 is 1.70 bits per heavy atom. The molecule has 0 spiro atoms. The van der Waals surface area contributed by atoms with Gasteiger partial charge in [-0.15, -0.1) is 0 Å². The molecule has 1 amide bonds. The lowest BCUT2D eigenvalue weighted by atomic mass is 9.87. The largest absolute Gasteiger partial charge is 0.345 e. The lowest BCUT2D eigenvalue weighted by molar-refractivity contribution is 0.0933. The molecule has 1 atom stereocenters. The molecule has 0 bridgehead atoms. The number of hydrogen-bond acceptors (Lipinski definition) is 3. The molecule has 3 aromatic carbocycles. The van der Waals surface area contributed by atoms with E-state index < -0.39 is 10.0 Å². The average molecular weight is 441 g/mol. The molecule has 0 aromatic heterocycles. The molecule has 0 aliphatic heterocycles. The Morgan fingerprint density at radius 3 is 2.50 bits per heavy atom. The van der Waals surface area contributed by atoms with Crippen LogP contribution < -0.4 is 10.0 Å². The number of anilines is 1. The van der Waals surface area contributed by atoms with Crippen LogP contribution >= 0.6 is 11.6 Å². The van der Waals surface area contributed by atoms with Gasteiger partial charge in [-0.05, 0) is 60.7 Å². The lowest BCUT2D eigenvalue weighted by Crippen LogP contribution is -2.31. The number of fused-ring (bicyclic) bond motifs is 1. The summed E-state index contributed by atoms with van der Waals surface area (Å²) in [5.41, 5.74) is 2.86. The molecule has 0 saturated heterocycles. The number of nitrogens with one attached hydrogen (secondary N) is 2. The summed E-state index contributed by atoms with van der Waals surface area (Å²) < 4.78 is 27.7. The topological polar surface area (TPSA) is 75.3 Å². The Bertz CT molecular complexity index is 1180. The average Bonchev–Trinajstić information content (AvgIpc) is 2.76. The zero-order chi connectivity index (χ0) is 21.1. The number of sulfonamides is 1. The molecule has 154 valence electrons. The fourth-order valence-corrected chi connectivity index (χ4v) is 4.99. The molecule has 7 heteroatoms. The van der Waals surface area contributed by atoms with Gasteiger partial charge in [-0.1, -0.05) is 54.1 Å². The highest BCUT2D eigenvalue weighted by molar-refractivity contribution is 7.92. The fourth-order valence-electron chi connectivity index (χ4n) is 3.72. The van der Waals surface area contributed by atoms with Crippen LogP contribution in [0.15, 0.2) is 77.7 Å². The van der Waals surface area contributed by atoms with E-state index in [9.17, 15) is 13.2 Å². The van der Waals surface area contributed by atoms with Crippen LogP contribution in [0.25, 0.3) is 0 Å². The second-order valence-electron chi connectivity index (χ2n) is 7.23. The number of amides is 1. The second kappa shape index (κ2) is 8.50.